The molecule has 2 unspecified atom stereocenters. The van der Waals surface area contributed by atoms with Crippen LogP contribution in [0.5, 0.6) is 0 Å². The van der Waals surface area contributed by atoms with Gasteiger partial charge in [-0.15, -0.1) is 0 Å². The third-order valence-corrected chi connectivity index (χ3v) is 5.80. The predicted octanol–water partition coefficient (Wildman–Crippen LogP) is 2.00. The summed E-state index contributed by atoms with van der Waals surface area (Å²) in [7, 11) is -0.391. The summed E-state index contributed by atoms with van der Waals surface area (Å²) < 4.78 is 25.5. The van der Waals surface area contributed by atoms with E-state index >= 15 is 0 Å². The summed E-state index contributed by atoms with van der Waals surface area (Å²) in [5, 5.41) is 0. The van der Waals surface area contributed by atoms with Crippen LogP contribution in [0.2, 0.25) is 0 Å². The molecule has 1 heterocycles. The quantitative estimate of drug-likeness (QED) is 0.867. The van der Waals surface area contributed by atoms with Crippen LogP contribution in [0.3, 0.4) is 0 Å². The Bertz CT molecular complexity index is 603. The maximum atomic E-state index is 12.1. The molecule has 0 spiro atoms. The predicted molar refractivity (Wildman–Crippen MR) is 86.9 cm³/mol. The van der Waals surface area contributed by atoms with E-state index in [2.05, 4.69) is 18.7 Å². The zero-order chi connectivity index (χ0) is 15.8. The van der Waals surface area contributed by atoms with Gasteiger partial charge in [-0.05, 0) is 36.5 Å². The summed E-state index contributed by atoms with van der Waals surface area (Å²) in [5.41, 5.74) is 7.58. The zero-order valence-electron chi connectivity index (χ0n) is 13.2. The van der Waals surface area contributed by atoms with Gasteiger partial charge in [0, 0.05) is 27.2 Å². The molecule has 1 aromatic carbocycles. The lowest BCUT2D eigenvalue weighted by molar-refractivity contribution is 0.357. The normalized spacial score (nSPS) is 23.6. The fourth-order valence-corrected chi connectivity index (χ4v) is 3.99. The van der Waals surface area contributed by atoms with Gasteiger partial charge in [-0.2, -0.15) is 0 Å². The van der Waals surface area contributed by atoms with Crippen molar-refractivity contribution in [3.63, 3.8) is 0 Å². The van der Waals surface area contributed by atoms with Crippen molar-refractivity contribution in [3.05, 3.63) is 18.2 Å². The van der Waals surface area contributed by atoms with Crippen LogP contribution >= 0.6 is 0 Å². The first kappa shape index (κ1) is 16.1. The summed E-state index contributed by atoms with van der Waals surface area (Å²) in [6, 6.07) is 5.04. The summed E-state index contributed by atoms with van der Waals surface area (Å²) in [6.45, 7) is 6.41. The van der Waals surface area contributed by atoms with E-state index in [9.17, 15) is 8.42 Å². The second-order valence-electron chi connectivity index (χ2n) is 6.36. The Morgan fingerprint density at radius 3 is 2.24 bits per heavy atom. The third-order valence-electron chi connectivity index (χ3n) is 3.99. The lowest BCUT2D eigenvalue weighted by Gasteiger charge is -2.37. The zero-order valence-corrected chi connectivity index (χ0v) is 14.0. The number of piperidine rings is 1. The van der Waals surface area contributed by atoms with E-state index in [4.69, 9.17) is 5.73 Å². The molecule has 21 heavy (non-hydrogen) atoms. The summed E-state index contributed by atoms with van der Waals surface area (Å²) >= 11 is 0. The number of hydrogen-bond donors (Lipinski definition) is 1. The molecule has 2 atom stereocenters. The van der Waals surface area contributed by atoms with Crippen molar-refractivity contribution in [1.82, 2.24) is 4.31 Å². The van der Waals surface area contributed by atoms with Crippen LogP contribution in [0.1, 0.15) is 20.3 Å². The largest absolute Gasteiger partial charge is 0.397 e. The number of hydrogen-bond acceptors (Lipinski definition) is 4. The van der Waals surface area contributed by atoms with Gasteiger partial charge in [-0.25, -0.2) is 12.7 Å². The van der Waals surface area contributed by atoms with Crippen molar-refractivity contribution < 1.29 is 8.42 Å². The van der Waals surface area contributed by atoms with Crippen molar-refractivity contribution in [2.75, 3.05) is 37.8 Å². The Kier molecular flexibility index (Phi) is 4.49. The number of anilines is 2. The number of sulfonamides is 1. The summed E-state index contributed by atoms with van der Waals surface area (Å²) in [4.78, 5) is 2.51. The molecule has 1 aromatic rings. The molecule has 2 rings (SSSR count). The van der Waals surface area contributed by atoms with E-state index in [1.807, 2.05) is 6.07 Å². The van der Waals surface area contributed by atoms with Gasteiger partial charge in [0.15, 0.2) is 0 Å². The maximum absolute atomic E-state index is 12.1. The fraction of sp³-hybridized carbons (Fsp3) is 0.600. The minimum atomic E-state index is -3.43. The van der Waals surface area contributed by atoms with Crippen LogP contribution in [0, 0.1) is 11.8 Å². The topological polar surface area (TPSA) is 66.6 Å². The number of nitrogen functional groups attached to an aromatic ring is 1. The molecule has 0 aliphatic carbocycles. The highest BCUT2D eigenvalue weighted by atomic mass is 32.2. The average Bonchev–Trinajstić information content (AvgIpc) is 2.37. The van der Waals surface area contributed by atoms with Gasteiger partial charge in [-0.1, -0.05) is 13.8 Å². The second-order valence-corrected chi connectivity index (χ2v) is 8.51. The van der Waals surface area contributed by atoms with Gasteiger partial charge in [0.05, 0.1) is 16.3 Å². The molecular weight excluding hydrogens is 286 g/mol. The van der Waals surface area contributed by atoms with Crippen molar-refractivity contribution >= 4 is 21.4 Å². The second kappa shape index (κ2) is 5.85. The molecule has 0 aromatic heterocycles. The Morgan fingerprint density at radius 2 is 1.76 bits per heavy atom. The van der Waals surface area contributed by atoms with Crippen molar-refractivity contribution in [2.45, 2.75) is 25.2 Å². The maximum Gasteiger partial charge on any atom is 0.242 e. The molecule has 1 fully saturated rings. The van der Waals surface area contributed by atoms with Crippen LogP contribution in [0.4, 0.5) is 11.4 Å². The first-order chi connectivity index (χ1) is 9.71. The minimum absolute atomic E-state index is 0.242. The molecule has 118 valence electrons. The lowest BCUT2D eigenvalue weighted by Crippen LogP contribution is -2.39. The molecule has 1 aliphatic heterocycles. The monoisotopic (exact) mass is 311 g/mol. The van der Waals surface area contributed by atoms with Crippen molar-refractivity contribution in [1.29, 1.82) is 0 Å². The van der Waals surface area contributed by atoms with Gasteiger partial charge in [0.1, 0.15) is 0 Å². The van der Waals surface area contributed by atoms with Gasteiger partial charge in [0.25, 0.3) is 0 Å². The van der Waals surface area contributed by atoms with E-state index in [1.54, 1.807) is 12.1 Å². The Hall–Kier alpha value is -1.27. The minimum Gasteiger partial charge on any atom is -0.397 e. The average molecular weight is 311 g/mol. The molecule has 1 saturated heterocycles. The van der Waals surface area contributed by atoms with Crippen LogP contribution in [0.25, 0.3) is 0 Å². The fourth-order valence-electron chi connectivity index (χ4n) is 3.05. The molecule has 2 N–H and O–H groups in total. The third kappa shape index (κ3) is 3.32. The molecule has 0 saturated carbocycles. The van der Waals surface area contributed by atoms with Crippen LogP contribution in [-0.2, 0) is 10.0 Å². The smallest absolute Gasteiger partial charge is 0.242 e. The van der Waals surface area contributed by atoms with Gasteiger partial charge >= 0.3 is 0 Å². The number of nitrogens with zero attached hydrogens (tertiary/aromatic N) is 2. The lowest BCUT2D eigenvalue weighted by atomic mass is 9.91. The molecule has 0 amide bonds. The van der Waals surface area contributed by atoms with Crippen molar-refractivity contribution in [2.24, 2.45) is 11.8 Å². The first-order valence-electron chi connectivity index (χ1n) is 7.28. The molecule has 1 aliphatic rings. The molecule has 0 bridgehead atoms. The van der Waals surface area contributed by atoms with Crippen LogP contribution in [-0.4, -0.2) is 39.9 Å². The SMILES string of the molecule is CC1CC(C)CN(c2ccc(S(=O)(=O)N(C)C)cc2N)C1. The van der Waals surface area contributed by atoms with E-state index in [-0.39, 0.29) is 4.90 Å². The Morgan fingerprint density at radius 1 is 1.19 bits per heavy atom. The molecular formula is C15H25N3O2S. The van der Waals surface area contributed by atoms with Crippen molar-refractivity contribution in [3.8, 4) is 0 Å². The highest BCUT2D eigenvalue weighted by Gasteiger charge is 2.24. The first-order valence-corrected chi connectivity index (χ1v) is 8.72. The summed E-state index contributed by atoms with van der Waals surface area (Å²) in [5.74, 6) is 1.25. The number of rotatable bonds is 3. The van der Waals surface area contributed by atoms with Gasteiger partial charge < -0.3 is 10.6 Å². The highest BCUT2D eigenvalue weighted by Crippen LogP contribution is 2.32. The Balaban J connectivity index is 2.32. The van der Waals surface area contributed by atoms with E-state index in [0.29, 0.717) is 17.5 Å². The highest BCUT2D eigenvalue weighted by molar-refractivity contribution is 7.89. The number of nitrogens with two attached hydrogens (primary N) is 1. The Labute approximate surface area is 127 Å². The van der Waals surface area contributed by atoms with E-state index in [0.717, 1.165) is 18.8 Å². The van der Waals surface area contributed by atoms with Gasteiger partial charge in [0.2, 0.25) is 10.0 Å². The van der Waals surface area contributed by atoms with Crippen LogP contribution < -0.4 is 10.6 Å². The van der Waals surface area contributed by atoms with E-state index < -0.39 is 10.0 Å². The molecule has 5 nitrogen and oxygen atoms in total. The van der Waals surface area contributed by atoms with E-state index in [1.165, 1.54) is 24.8 Å². The van der Waals surface area contributed by atoms with Crippen LogP contribution in [0.15, 0.2) is 23.1 Å². The summed E-state index contributed by atoms with van der Waals surface area (Å²) in [6.07, 6.45) is 1.23. The molecule has 6 heteroatoms. The molecule has 0 radical (unpaired) electrons. The van der Waals surface area contributed by atoms with Gasteiger partial charge in [-0.3, -0.25) is 0 Å². The number of benzene rings is 1. The standard InChI is InChI=1S/C15H25N3O2S/c1-11-7-12(2)10-18(9-11)15-6-5-13(8-14(15)16)21(19,20)17(3)4/h5-6,8,11-12H,7,9-10,16H2,1-4H3.